The SMILES string of the molecule is CC(=O)N[C@H]1[C@H]([C@H](O)[C@H](O)CNC(=O)c2cc(C)on2)O[C@@](CCN2CCOC[C@@]23CCN(C(=O)OC(C)(C)C)C3)(C(=O)O)C[C@@H]1O. The largest absolute Gasteiger partial charge is 0.479 e. The third-order valence-electron chi connectivity index (χ3n) is 8.81. The van der Waals surface area contributed by atoms with Crippen molar-refractivity contribution in [3.63, 3.8) is 0 Å². The summed E-state index contributed by atoms with van der Waals surface area (Å²) in [6.45, 7) is 9.70. The lowest BCUT2D eigenvalue weighted by molar-refractivity contribution is -0.231. The first kappa shape index (κ1) is 36.5. The minimum atomic E-state index is -2.02. The molecule has 6 N–H and O–H groups in total. The summed E-state index contributed by atoms with van der Waals surface area (Å²) in [6, 6.07) is 0.108. The minimum absolute atomic E-state index is 0.0492. The van der Waals surface area contributed by atoms with E-state index in [9.17, 15) is 39.6 Å². The summed E-state index contributed by atoms with van der Waals surface area (Å²) in [6.07, 6.45) is -7.03. The van der Waals surface area contributed by atoms with E-state index in [1.54, 1.807) is 32.6 Å². The number of carboxylic acids is 1. The van der Waals surface area contributed by atoms with Crippen molar-refractivity contribution in [2.45, 2.75) is 101 Å². The number of aliphatic carboxylic acids is 1. The van der Waals surface area contributed by atoms with Crippen LogP contribution in [0.15, 0.2) is 10.6 Å². The average molecular weight is 670 g/mol. The first-order chi connectivity index (χ1) is 21.9. The van der Waals surface area contributed by atoms with Crippen LogP contribution in [0.1, 0.15) is 63.2 Å². The standard InChI is InChI=1S/C30H47N5O12/c1-17-12-19(33-47-17)25(40)31-14-21(38)23(39)24-22(32-18(2)36)20(37)13-30(45-24,26(41)42)7-9-35-10-11-44-16-29(35)6-8-34(15-29)27(43)46-28(3,4)5/h12,20-24,37-39H,6-11,13-16H2,1-5H3,(H,31,40)(H,32,36)(H,41,42)/t20-,21+,22+,23+,24+,29-,30+/m0/s1. The van der Waals surface area contributed by atoms with Crippen LogP contribution in [0.4, 0.5) is 4.79 Å². The summed E-state index contributed by atoms with van der Waals surface area (Å²) in [4.78, 5) is 53.8. The molecule has 1 aromatic rings. The molecule has 264 valence electrons. The number of rotatable bonds is 10. The molecule has 3 amide bonds. The molecule has 3 fully saturated rings. The van der Waals surface area contributed by atoms with Crippen LogP contribution in [-0.2, 0) is 23.8 Å². The molecule has 4 heterocycles. The number of nitrogens with zero attached hydrogens (tertiary/aromatic N) is 3. The summed E-state index contributed by atoms with van der Waals surface area (Å²) in [5, 5.41) is 52.2. The van der Waals surface area contributed by atoms with E-state index < -0.39 is 84.0 Å². The van der Waals surface area contributed by atoms with Gasteiger partial charge in [0.1, 0.15) is 23.6 Å². The number of carboxylic acid groups (broad SMARTS) is 1. The van der Waals surface area contributed by atoms with Crippen molar-refractivity contribution >= 4 is 23.9 Å². The number of aryl methyl sites for hydroxylation is 1. The van der Waals surface area contributed by atoms with E-state index >= 15 is 0 Å². The number of ether oxygens (including phenoxy) is 3. The van der Waals surface area contributed by atoms with E-state index in [0.717, 1.165) is 0 Å². The van der Waals surface area contributed by atoms with Crippen molar-refractivity contribution in [2.75, 3.05) is 45.9 Å². The zero-order valence-corrected chi connectivity index (χ0v) is 27.4. The minimum Gasteiger partial charge on any atom is -0.479 e. The fraction of sp³-hybridized carbons (Fsp3) is 0.767. The van der Waals surface area contributed by atoms with Gasteiger partial charge in [-0.1, -0.05) is 5.16 Å². The summed E-state index contributed by atoms with van der Waals surface area (Å²) < 4.78 is 22.3. The maximum atomic E-state index is 12.9. The molecule has 3 saturated heterocycles. The van der Waals surface area contributed by atoms with Gasteiger partial charge in [0.25, 0.3) is 5.91 Å². The van der Waals surface area contributed by atoms with Gasteiger partial charge < -0.3 is 54.7 Å². The quantitative estimate of drug-likeness (QED) is 0.176. The van der Waals surface area contributed by atoms with Crippen molar-refractivity contribution in [1.82, 2.24) is 25.6 Å². The average Bonchev–Trinajstić information content (AvgIpc) is 3.62. The van der Waals surface area contributed by atoms with Crippen LogP contribution in [0.2, 0.25) is 0 Å². The number of aliphatic hydroxyl groups is 3. The lowest BCUT2D eigenvalue weighted by Crippen LogP contribution is -2.68. The van der Waals surface area contributed by atoms with E-state index in [1.807, 2.05) is 0 Å². The Morgan fingerprint density at radius 3 is 2.55 bits per heavy atom. The Bertz CT molecular complexity index is 1300. The van der Waals surface area contributed by atoms with Crippen molar-refractivity contribution < 1.29 is 58.3 Å². The van der Waals surface area contributed by atoms with E-state index in [2.05, 4.69) is 20.7 Å². The molecule has 0 aromatic carbocycles. The van der Waals surface area contributed by atoms with Crippen LogP contribution in [0, 0.1) is 6.92 Å². The first-order valence-corrected chi connectivity index (χ1v) is 15.7. The maximum Gasteiger partial charge on any atom is 0.410 e. The molecule has 1 spiro atoms. The number of carbonyl (C=O) groups excluding carboxylic acids is 3. The second-order valence-electron chi connectivity index (χ2n) is 13.6. The van der Waals surface area contributed by atoms with Crippen LogP contribution in [0.3, 0.4) is 0 Å². The van der Waals surface area contributed by atoms with Gasteiger partial charge in [-0.05, 0) is 34.1 Å². The number of aromatic nitrogens is 1. The second-order valence-corrected chi connectivity index (χ2v) is 13.6. The number of aliphatic hydroxyl groups excluding tert-OH is 3. The molecule has 17 nitrogen and oxygen atoms in total. The molecule has 1 aromatic heterocycles. The van der Waals surface area contributed by atoms with Gasteiger partial charge in [-0.25, -0.2) is 9.59 Å². The van der Waals surface area contributed by atoms with Gasteiger partial charge in [0.15, 0.2) is 11.3 Å². The lowest BCUT2D eigenvalue weighted by Gasteiger charge is -2.49. The second kappa shape index (κ2) is 14.4. The molecule has 0 saturated carbocycles. The van der Waals surface area contributed by atoms with E-state index in [1.165, 1.54) is 13.0 Å². The lowest BCUT2D eigenvalue weighted by atomic mass is 9.81. The van der Waals surface area contributed by atoms with Crippen molar-refractivity contribution in [1.29, 1.82) is 0 Å². The Balaban J connectivity index is 1.50. The zero-order chi connectivity index (χ0) is 34.7. The number of hydrogen-bond acceptors (Lipinski definition) is 13. The Labute approximate surface area is 272 Å². The Kier molecular flexibility index (Phi) is 11.2. The molecule has 0 aliphatic carbocycles. The van der Waals surface area contributed by atoms with Crippen molar-refractivity contribution in [3.05, 3.63) is 17.5 Å². The number of likely N-dealkylation sites (tertiary alicyclic amines) is 1. The number of hydrogen-bond donors (Lipinski definition) is 6. The molecular formula is C30H47N5O12. The van der Waals surface area contributed by atoms with E-state index in [0.29, 0.717) is 45.0 Å². The number of nitrogens with one attached hydrogen (secondary N) is 2. The molecule has 0 radical (unpaired) electrons. The fourth-order valence-corrected chi connectivity index (χ4v) is 6.41. The summed E-state index contributed by atoms with van der Waals surface area (Å²) in [5.41, 5.74) is -3.35. The molecule has 7 atom stereocenters. The molecule has 0 unspecified atom stereocenters. The molecule has 47 heavy (non-hydrogen) atoms. The maximum absolute atomic E-state index is 12.9. The van der Waals surface area contributed by atoms with Gasteiger partial charge in [-0.2, -0.15) is 0 Å². The van der Waals surface area contributed by atoms with Crippen LogP contribution < -0.4 is 10.6 Å². The number of amides is 3. The van der Waals surface area contributed by atoms with Crippen molar-refractivity contribution in [3.8, 4) is 0 Å². The van der Waals surface area contributed by atoms with Crippen molar-refractivity contribution in [2.24, 2.45) is 0 Å². The van der Waals surface area contributed by atoms with Gasteiger partial charge in [0.2, 0.25) is 5.91 Å². The monoisotopic (exact) mass is 669 g/mol. The van der Waals surface area contributed by atoms with Gasteiger partial charge in [0.05, 0.1) is 37.0 Å². The normalized spacial score (nSPS) is 29.7. The summed E-state index contributed by atoms with van der Waals surface area (Å²) in [7, 11) is 0. The molecular weight excluding hydrogens is 622 g/mol. The van der Waals surface area contributed by atoms with Gasteiger partial charge in [-0.3, -0.25) is 14.5 Å². The molecule has 4 rings (SSSR count). The predicted molar refractivity (Wildman–Crippen MR) is 161 cm³/mol. The smallest absolute Gasteiger partial charge is 0.410 e. The third-order valence-corrected chi connectivity index (χ3v) is 8.81. The van der Waals surface area contributed by atoms with Crippen LogP contribution in [0.25, 0.3) is 0 Å². The van der Waals surface area contributed by atoms with Gasteiger partial charge >= 0.3 is 12.1 Å². The highest BCUT2D eigenvalue weighted by atomic mass is 16.6. The topological polar surface area (TPSA) is 233 Å². The third kappa shape index (κ3) is 8.58. The van der Waals surface area contributed by atoms with Crippen LogP contribution in [-0.4, -0.2) is 152 Å². The molecule has 17 heteroatoms. The Morgan fingerprint density at radius 1 is 1.21 bits per heavy atom. The Morgan fingerprint density at radius 2 is 1.94 bits per heavy atom. The highest BCUT2D eigenvalue weighted by molar-refractivity contribution is 5.92. The number of carbonyl (C=O) groups is 4. The van der Waals surface area contributed by atoms with Crippen LogP contribution >= 0.6 is 0 Å². The molecule has 3 aliphatic heterocycles. The first-order valence-electron chi connectivity index (χ1n) is 15.7. The summed E-state index contributed by atoms with van der Waals surface area (Å²) >= 11 is 0. The number of morpholine rings is 1. The molecule has 3 aliphatic rings. The Hall–Kier alpha value is -3.35. The van der Waals surface area contributed by atoms with E-state index in [-0.39, 0.29) is 18.7 Å². The fourth-order valence-electron chi connectivity index (χ4n) is 6.41. The zero-order valence-electron chi connectivity index (χ0n) is 27.4. The van der Waals surface area contributed by atoms with Crippen LogP contribution in [0.5, 0.6) is 0 Å². The van der Waals surface area contributed by atoms with E-state index in [4.69, 9.17) is 18.7 Å². The van der Waals surface area contributed by atoms with Gasteiger partial charge in [-0.15, -0.1) is 0 Å². The van der Waals surface area contributed by atoms with Gasteiger partial charge in [0, 0.05) is 58.6 Å². The highest BCUT2D eigenvalue weighted by Gasteiger charge is 2.55. The predicted octanol–water partition coefficient (Wildman–Crippen LogP) is -0.986. The molecule has 0 bridgehead atoms. The summed E-state index contributed by atoms with van der Waals surface area (Å²) in [5.74, 6) is -2.27. The highest BCUT2D eigenvalue weighted by Crippen LogP contribution is 2.38.